The summed E-state index contributed by atoms with van der Waals surface area (Å²) in [5.41, 5.74) is 3.36. The molecule has 1 aromatic carbocycles. The van der Waals surface area contributed by atoms with Crippen LogP contribution in [0.4, 0.5) is 5.69 Å². The Morgan fingerprint density at radius 2 is 1.71 bits per heavy atom. The smallest absolute Gasteiger partial charge is 0.240 e. The second-order valence-corrected chi connectivity index (χ2v) is 7.27. The molecule has 6 heteroatoms. The molecule has 1 N–H and O–H groups in total. The van der Waals surface area contributed by atoms with E-state index in [1.807, 2.05) is 39.8 Å². The molecule has 0 bridgehead atoms. The number of carbonyl (C=O) groups excluding carboxylic acids is 1. The maximum atomic E-state index is 12.1. The first kappa shape index (κ1) is 17.5. The van der Waals surface area contributed by atoms with Crippen LogP contribution in [0.2, 0.25) is 0 Å². The monoisotopic (exact) mass is 312 g/mol. The van der Waals surface area contributed by atoms with Gasteiger partial charge in [0.2, 0.25) is 15.9 Å². The van der Waals surface area contributed by atoms with Crippen LogP contribution in [0.15, 0.2) is 12.1 Å². The molecule has 1 aromatic rings. The van der Waals surface area contributed by atoms with E-state index in [2.05, 4.69) is 5.32 Å². The van der Waals surface area contributed by atoms with E-state index >= 15 is 0 Å². The molecule has 0 aliphatic rings. The molecular formula is C15H24N2O3S. The Morgan fingerprint density at radius 1 is 1.19 bits per heavy atom. The third kappa shape index (κ3) is 4.74. The van der Waals surface area contributed by atoms with Crippen LogP contribution in [-0.2, 0) is 14.8 Å². The number of carbonyl (C=O) groups is 1. The van der Waals surface area contributed by atoms with Crippen molar-refractivity contribution in [3.05, 3.63) is 28.8 Å². The standard InChI is InChI=1S/C15H24N2O3S/c1-6-7-16-14(18)10-17(21(5,19)20)15-12(3)8-11(2)9-13(15)4/h8-9H,6-7,10H2,1-5H3,(H,16,18). The number of anilines is 1. The van der Waals surface area contributed by atoms with Crippen LogP contribution in [0.25, 0.3) is 0 Å². The first-order valence-electron chi connectivity index (χ1n) is 6.99. The van der Waals surface area contributed by atoms with Gasteiger partial charge in [0, 0.05) is 6.54 Å². The summed E-state index contributed by atoms with van der Waals surface area (Å²) in [5, 5.41) is 2.71. The van der Waals surface area contributed by atoms with Crippen molar-refractivity contribution in [2.75, 3.05) is 23.7 Å². The number of nitrogens with zero attached hydrogens (tertiary/aromatic N) is 1. The van der Waals surface area contributed by atoms with Crippen molar-refractivity contribution in [2.45, 2.75) is 34.1 Å². The zero-order valence-electron chi connectivity index (χ0n) is 13.4. The van der Waals surface area contributed by atoms with E-state index in [0.29, 0.717) is 12.2 Å². The van der Waals surface area contributed by atoms with Crippen LogP contribution < -0.4 is 9.62 Å². The Kier molecular flexibility index (Phi) is 5.78. The van der Waals surface area contributed by atoms with Crippen LogP contribution in [0, 0.1) is 20.8 Å². The largest absolute Gasteiger partial charge is 0.355 e. The summed E-state index contributed by atoms with van der Waals surface area (Å²) in [4.78, 5) is 11.9. The number of hydrogen-bond acceptors (Lipinski definition) is 3. The van der Waals surface area contributed by atoms with Gasteiger partial charge in [-0.2, -0.15) is 0 Å². The zero-order chi connectivity index (χ0) is 16.2. The van der Waals surface area contributed by atoms with Crippen LogP contribution in [0.3, 0.4) is 0 Å². The fourth-order valence-corrected chi connectivity index (χ4v) is 3.35. The molecule has 0 saturated heterocycles. The van der Waals surface area contributed by atoms with Crippen molar-refractivity contribution in [3.8, 4) is 0 Å². The predicted molar refractivity (Wildman–Crippen MR) is 86.1 cm³/mol. The van der Waals surface area contributed by atoms with Gasteiger partial charge in [0.25, 0.3) is 0 Å². The molecule has 1 rings (SSSR count). The molecular weight excluding hydrogens is 288 g/mol. The van der Waals surface area contributed by atoms with Crippen LogP contribution in [-0.4, -0.2) is 33.7 Å². The van der Waals surface area contributed by atoms with Crippen molar-refractivity contribution in [3.63, 3.8) is 0 Å². The molecule has 5 nitrogen and oxygen atoms in total. The summed E-state index contributed by atoms with van der Waals surface area (Å²) >= 11 is 0. The normalized spacial score (nSPS) is 11.3. The van der Waals surface area contributed by atoms with Crippen LogP contribution in [0.5, 0.6) is 0 Å². The van der Waals surface area contributed by atoms with E-state index in [-0.39, 0.29) is 12.5 Å². The molecule has 0 unspecified atom stereocenters. The number of benzene rings is 1. The quantitative estimate of drug-likeness (QED) is 0.872. The summed E-state index contributed by atoms with van der Waals surface area (Å²) in [6.07, 6.45) is 1.94. The van der Waals surface area contributed by atoms with Gasteiger partial charge in [-0.3, -0.25) is 9.10 Å². The van der Waals surface area contributed by atoms with Crippen molar-refractivity contribution in [1.82, 2.24) is 5.32 Å². The number of amides is 1. The molecule has 0 fully saturated rings. The third-order valence-electron chi connectivity index (χ3n) is 3.14. The molecule has 0 radical (unpaired) electrons. The molecule has 0 aromatic heterocycles. The molecule has 0 aliphatic heterocycles. The second kappa shape index (κ2) is 6.93. The maximum Gasteiger partial charge on any atom is 0.240 e. The van der Waals surface area contributed by atoms with Gasteiger partial charge in [-0.15, -0.1) is 0 Å². The maximum absolute atomic E-state index is 12.1. The van der Waals surface area contributed by atoms with E-state index in [0.717, 1.165) is 29.4 Å². The Labute approximate surface area is 127 Å². The van der Waals surface area contributed by atoms with Gasteiger partial charge in [-0.25, -0.2) is 8.42 Å². The third-order valence-corrected chi connectivity index (χ3v) is 4.26. The summed E-state index contributed by atoms with van der Waals surface area (Å²) in [6.45, 7) is 7.98. The van der Waals surface area contributed by atoms with Gasteiger partial charge in [-0.1, -0.05) is 24.6 Å². The minimum atomic E-state index is -3.52. The number of sulfonamides is 1. The Hall–Kier alpha value is -1.56. The molecule has 0 atom stereocenters. The Balaban J connectivity index is 3.19. The molecule has 0 aliphatic carbocycles. The van der Waals surface area contributed by atoms with E-state index in [4.69, 9.17) is 0 Å². The van der Waals surface area contributed by atoms with Crippen LogP contribution in [0.1, 0.15) is 30.0 Å². The minimum Gasteiger partial charge on any atom is -0.355 e. The van der Waals surface area contributed by atoms with Crippen molar-refractivity contribution < 1.29 is 13.2 Å². The second-order valence-electron chi connectivity index (χ2n) is 5.37. The fourth-order valence-electron chi connectivity index (χ4n) is 2.38. The minimum absolute atomic E-state index is 0.191. The highest BCUT2D eigenvalue weighted by Crippen LogP contribution is 2.28. The summed E-state index contributed by atoms with van der Waals surface area (Å²) in [7, 11) is -3.52. The lowest BCUT2D eigenvalue weighted by molar-refractivity contribution is -0.119. The highest BCUT2D eigenvalue weighted by molar-refractivity contribution is 7.92. The van der Waals surface area contributed by atoms with Crippen molar-refractivity contribution >= 4 is 21.6 Å². The first-order valence-corrected chi connectivity index (χ1v) is 8.84. The van der Waals surface area contributed by atoms with E-state index in [1.165, 1.54) is 4.31 Å². The number of rotatable bonds is 6. The van der Waals surface area contributed by atoms with Gasteiger partial charge < -0.3 is 5.32 Å². The highest BCUT2D eigenvalue weighted by Gasteiger charge is 2.23. The van der Waals surface area contributed by atoms with Gasteiger partial charge in [0.1, 0.15) is 6.54 Å². The van der Waals surface area contributed by atoms with Gasteiger partial charge in [0.15, 0.2) is 0 Å². The summed E-state index contributed by atoms with van der Waals surface area (Å²) < 4.78 is 25.3. The van der Waals surface area contributed by atoms with Gasteiger partial charge in [0.05, 0.1) is 11.9 Å². The number of hydrogen-bond donors (Lipinski definition) is 1. The van der Waals surface area contributed by atoms with E-state index in [9.17, 15) is 13.2 Å². The lowest BCUT2D eigenvalue weighted by Crippen LogP contribution is -2.41. The average molecular weight is 312 g/mol. The van der Waals surface area contributed by atoms with E-state index in [1.54, 1.807) is 0 Å². The van der Waals surface area contributed by atoms with E-state index < -0.39 is 10.0 Å². The number of nitrogens with one attached hydrogen (secondary N) is 1. The zero-order valence-corrected chi connectivity index (χ0v) is 14.2. The molecule has 0 saturated carbocycles. The fraction of sp³-hybridized carbons (Fsp3) is 0.533. The molecule has 0 heterocycles. The molecule has 1 amide bonds. The predicted octanol–water partition coefficient (Wildman–Crippen LogP) is 1.90. The highest BCUT2D eigenvalue weighted by atomic mass is 32.2. The van der Waals surface area contributed by atoms with Gasteiger partial charge >= 0.3 is 0 Å². The topological polar surface area (TPSA) is 66.5 Å². The number of aryl methyl sites for hydroxylation is 3. The van der Waals surface area contributed by atoms with Gasteiger partial charge in [-0.05, 0) is 38.3 Å². The first-order chi connectivity index (χ1) is 9.66. The Morgan fingerprint density at radius 3 is 2.14 bits per heavy atom. The SMILES string of the molecule is CCCNC(=O)CN(c1c(C)cc(C)cc1C)S(C)(=O)=O. The lowest BCUT2D eigenvalue weighted by atomic mass is 10.1. The average Bonchev–Trinajstić information content (AvgIpc) is 2.32. The molecule has 118 valence electrons. The summed E-state index contributed by atoms with van der Waals surface area (Å²) in [5.74, 6) is -0.290. The Bertz CT molecular complexity index is 601. The molecule has 21 heavy (non-hydrogen) atoms. The lowest BCUT2D eigenvalue weighted by Gasteiger charge is -2.25. The summed E-state index contributed by atoms with van der Waals surface area (Å²) in [6, 6.07) is 3.84. The van der Waals surface area contributed by atoms with Crippen molar-refractivity contribution in [1.29, 1.82) is 0 Å². The van der Waals surface area contributed by atoms with Crippen LogP contribution >= 0.6 is 0 Å². The molecule has 0 spiro atoms. The van der Waals surface area contributed by atoms with Crippen molar-refractivity contribution in [2.24, 2.45) is 0 Å².